The third-order valence-corrected chi connectivity index (χ3v) is 4.37. The Hall–Kier alpha value is -2.50. The van der Waals surface area contributed by atoms with Crippen LogP contribution in [0.25, 0.3) is 0 Å². The van der Waals surface area contributed by atoms with Crippen LogP contribution < -0.4 is 0 Å². The molecule has 3 rings (SSSR count). The van der Waals surface area contributed by atoms with Crippen molar-refractivity contribution in [1.29, 1.82) is 0 Å². The number of aromatic nitrogens is 3. The molecule has 0 radical (unpaired) electrons. The number of rotatable bonds is 5. The second-order valence-electron chi connectivity index (χ2n) is 5.78. The summed E-state index contributed by atoms with van der Waals surface area (Å²) < 4.78 is 0. The van der Waals surface area contributed by atoms with Crippen LogP contribution in [0.2, 0.25) is 10.0 Å². The highest BCUT2D eigenvalue weighted by Gasteiger charge is 2.19. The lowest BCUT2D eigenvalue weighted by molar-refractivity contribution is 0.0729. The maximum atomic E-state index is 13.0. The first-order valence-electron chi connectivity index (χ1n) is 7.93. The first kappa shape index (κ1) is 18.3. The maximum Gasteiger partial charge on any atom is 0.257 e. The molecule has 0 aliphatic carbocycles. The van der Waals surface area contributed by atoms with Gasteiger partial charge in [-0.25, -0.2) is 9.97 Å². The van der Waals surface area contributed by atoms with Gasteiger partial charge in [0.15, 0.2) is 0 Å². The predicted molar refractivity (Wildman–Crippen MR) is 101 cm³/mol. The van der Waals surface area contributed by atoms with E-state index >= 15 is 0 Å². The minimum Gasteiger partial charge on any atom is -0.330 e. The highest BCUT2D eigenvalue weighted by Crippen LogP contribution is 2.23. The molecule has 0 bridgehead atoms. The van der Waals surface area contributed by atoms with Crippen LogP contribution in [-0.4, -0.2) is 25.8 Å². The number of nitrogens with zero attached hydrogens (tertiary/aromatic N) is 4. The van der Waals surface area contributed by atoms with E-state index in [0.717, 1.165) is 11.1 Å². The van der Waals surface area contributed by atoms with E-state index < -0.39 is 0 Å². The summed E-state index contributed by atoms with van der Waals surface area (Å²) in [6.07, 6.45) is 6.49. The Morgan fingerprint density at radius 3 is 2.50 bits per heavy atom. The highest BCUT2D eigenvalue weighted by molar-refractivity contribution is 6.35. The van der Waals surface area contributed by atoms with Crippen molar-refractivity contribution in [2.75, 3.05) is 0 Å². The molecule has 26 heavy (non-hydrogen) atoms. The van der Waals surface area contributed by atoms with Crippen LogP contribution in [0.1, 0.15) is 27.3 Å². The number of benzene rings is 1. The Balaban J connectivity index is 1.90. The second kappa shape index (κ2) is 8.25. The lowest BCUT2D eigenvalue weighted by Crippen LogP contribution is -2.30. The van der Waals surface area contributed by atoms with E-state index in [9.17, 15) is 4.79 Å². The topological polar surface area (TPSA) is 59.0 Å². The number of hydrogen-bond acceptors (Lipinski definition) is 4. The molecule has 0 saturated heterocycles. The zero-order valence-corrected chi connectivity index (χ0v) is 15.6. The molecule has 0 atom stereocenters. The summed E-state index contributed by atoms with van der Waals surface area (Å²) in [5.41, 5.74) is 2.14. The van der Waals surface area contributed by atoms with Gasteiger partial charge in [0, 0.05) is 47.9 Å². The quantitative estimate of drug-likeness (QED) is 0.654. The lowest BCUT2D eigenvalue weighted by Gasteiger charge is -2.23. The summed E-state index contributed by atoms with van der Waals surface area (Å²) in [6.45, 7) is 2.49. The largest absolute Gasteiger partial charge is 0.330 e. The van der Waals surface area contributed by atoms with Crippen molar-refractivity contribution < 1.29 is 4.79 Å². The van der Waals surface area contributed by atoms with E-state index in [0.29, 0.717) is 34.5 Å². The molecule has 0 aliphatic heterocycles. The fourth-order valence-corrected chi connectivity index (χ4v) is 2.92. The van der Waals surface area contributed by atoms with Crippen molar-refractivity contribution in [3.63, 3.8) is 0 Å². The van der Waals surface area contributed by atoms with Gasteiger partial charge in [0.05, 0.1) is 5.56 Å². The summed E-state index contributed by atoms with van der Waals surface area (Å²) in [4.78, 5) is 27.0. The molecular weight excluding hydrogens is 371 g/mol. The normalized spacial score (nSPS) is 10.6. The molecule has 0 N–H and O–H groups in total. The number of amides is 1. The smallest absolute Gasteiger partial charge is 0.257 e. The summed E-state index contributed by atoms with van der Waals surface area (Å²) in [5, 5.41) is 1.07. The van der Waals surface area contributed by atoms with Gasteiger partial charge in [-0.15, -0.1) is 0 Å². The Bertz CT molecular complexity index is 901. The Labute approximate surface area is 161 Å². The van der Waals surface area contributed by atoms with Crippen molar-refractivity contribution in [3.8, 4) is 0 Å². The number of aryl methyl sites for hydroxylation is 1. The van der Waals surface area contributed by atoms with Gasteiger partial charge in [0.25, 0.3) is 5.91 Å². The molecule has 5 nitrogen and oxygen atoms in total. The third kappa shape index (κ3) is 4.56. The summed E-state index contributed by atoms with van der Waals surface area (Å²) in [6, 6.07) is 9.00. The number of pyridine rings is 1. The summed E-state index contributed by atoms with van der Waals surface area (Å²) in [7, 11) is 0. The van der Waals surface area contributed by atoms with Crippen molar-refractivity contribution in [2.24, 2.45) is 0 Å². The molecule has 1 aromatic carbocycles. The van der Waals surface area contributed by atoms with Gasteiger partial charge in [0.2, 0.25) is 0 Å². The standard InChI is InChI=1S/C19H16Cl2N4O/c1-13-23-9-16(10-24-13)19(26)25(11-14-3-2-6-22-8-14)12-15-4-5-17(20)7-18(15)21/h2-10H,11-12H2,1H3. The van der Waals surface area contributed by atoms with E-state index in [1.165, 1.54) is 12.4 Å². The van der Waals surface area contributed by atoms with Crippen molar-refractivity contribution in [1.82, 2.24) is 19.9 Å². The third-order valence-electron chi connectivity index (χ3n) is 3.79. The minimum absolute atomic E-state index is 0.181. The SMILES string of the molecule is Cc1ncc(C(=O)N(Cc2cccnc2)Cc2ccc(Cl)cc2Cl)cn1. The number of carbonyl (C=O) groups is 1. The van der Waals surface area contributed by atoms with Crippen LogP contribution >= 0.6 is 23.2 Å². The van der Waals surface area contributed by atoms with E-state index in [1.54, 1.807) is 36.4 Å². The highest BCUT2D eigenvalue weighted by atomic mass is 35.5. The van der Waals surface area contributed by atoms with Crippen molar-refractivity contribution in [2.45, 2.75) is 20.0 Å². The van der Waals surface area contributed by atoms with Crippen LogP contribution in [0.3, 0.4) is 0 Å². The molecule has 0 unspecified atom stereocenters. The average Bonchev–Trinajstić information content (AvgIpc) is 2.64. The van der Waals surface area contributed by atoms with E-state index in [1.807, 2.05) is 18.2 Å². The predicted octanol–water partition coefficient (Wildman–Crippen LogP) is 4.33. The molecule has 2 heterocycles. The molecule has 1 amide bonds. The van der Waals surface area contributed by atoms with E-state index in [-0.39, 0.29) is 5.91 Å². The summed E-state index contributed by atoms with van der Waals surface area (Å²) in [5.74, 6) is 0.431. The molecule has 2 aromatic heterocycles. The van der Waals surface area contributed by atoms with Crippen molar-refractivity contribution in [3.05, 3.63) is 87.7 Å². The lowest BCUT2D eigenvalue weighted by atomic mass is 10.1. The molecule has 0 spiro atoms. The van der Waals surface area contributed by atoms with Crippen LogP contribution in [0.5, 0.6) is 0 Å². The van der Waals surface area contributed by atoms with Gasteiger partial charge in [-0.2, -0.15) is 0 Å². The van der Waals surface area contributed by atoms with E-state index in [2.05, 4.69) is 15.0 Å². The molecule has 0 fully saturated rings. The second-order valence-corrected chi connectivity index (χ2v) is 6.62. The van der Waals surface area contributed by atoms with Gasteiger partial charge < -0.3 is 4.90 Å². The van der Waals surface area contributed by atoms with E-state index in [4.69, 9.17) is 23.2 Å². The number of halogens is 2. The van der Waals surface area contributed by atoms with Crippen LogP contribution in [-0.2, 0) is 13.1 Å². The van der Waals surface area contributed by atoms with Gasteiger partial charge in [-0.1, -0.05) is 35.3 Å². The summed E-state index contributed by atoms with van der Waals surface area (Å²) >= 11 is 12.3. The molecule has 0 saturated carbocycles. The van der Waals surface area contributed by atoms with Gasteiger partial charge in [-0.3, -0.25) is 9.78 Å². The van der Waals surface area contributed by atoms with Crippen LogP contribution in [0.15, 0.2) is 55.1 Å². The Morgan fingerprint density at radius 2 is 1.85 bits per heavy atom. The molecule has 0 aliphatic rings. The average molecular weight is 387 g/mol. The van der Waals surface area contributed by atoms with Gasteiger partial charge in [-0.05, 0) is 36.2 Å². The Morgan fingerprint density at radius 1 is 1.08 bits per heavy atom. The fourth-order valence-electron chi connectivity index (χ4n) is 2.45. The Kier molecular flexibility index (Phi) is 5.81. The van der Waals surface area contributed by atoms with Gasteiger partial charge in [0.1, 0.15) is 5.82 Å². The van der Waals surface area contributed by atoms with Crippen LogP contribution in [0, 0.1) is 6.92 Å². The maximum absolute atomic E-state index is 13.0. The van der Waals surface area contributed by atoms with Gasteiger partial charge >= 0.3 is 0 Å². The number of hydrogen-bond donors (Lipinski definition) is 0. The minimum atomic E-state index is -0.181. The first-order valence-corrected chi connectivity index (χ1v) is 8.69. The molecule has 132 valence electrons. The van der Waals surface area contributed by atoms with Crippen LogP contribution in [0.4, 0.5) is 0 Å². The zero-order chi connectivity index (χ0) is 18.5. The number of carbonyl (C=O) groups excluding carboxylic acids is 1. The molecule has 3 aromatic rings. The van der Waals surface area contributed by atoms with Crippen molar-refractivity contribution >= 4 is 29.1 Å². The molecule has 7 heteroatoms. The fraction of sp³-hybridized carbons (Fsp3) is 0.158. The zero-order valence-electron chi connectivity index (χ0n) is 14.1. The molecular formula is C19H16Cl2N4O. The first-order chi connectivity index (χ1) is 12.5. The monoisotopic (exact) mass is 386 g/mol.